The van der Waals surface area contributed by atoms with Crippen LogP contribution in [0.2, 0.25) is 0 Å². The molecule has 2 unspecified atom stereocenters. The van der Waals surface area contributed by atoms with Crippen LogP contribution >= 0.6 is 0 Å². The Hall–Kier alpha value is -0.890. The van der Waals surface area contributed by atoms with Crippen molar-refractivity contribution in [2.75, 3.05) is 0 Å². The lowest BCUT2D eigenvalue weighted by atomic mass is 10.1. The normalized spacial score (nSPS) is 29.9. The van der Waals surface area contributed by atoms with Gasteiger partial charge in [0, 0.05) is 0 Å². The van der Waals surface area contributed by atoms with Gasteiger partial charge in [0.25, 0.3) is 0 Å². The second kappa shape index (κ2) is 4.80. The molecule has 132 valence electrons. The molecule has 3 nitrogen and oxygen atoms in total. The van der Waals surface area contributed by atoms with E-state index in [1.165, 1.54) is 0 Å². The molecule has 1 N–H and O–H groups in total. The van der Waals surface area contributed by atoms with Crippen LogP contribution in [0.15, 0.2) is 0 Å². The van der Waals surface area contributed by atoms with Gasteiger partial charge in [0.15, 0.2) is 0 Å². The van der Waals surface area contributed by atoms with Crippen LogP contribution in [0.3, 0.4) is 0 Å². The van der Waals surface area contributed by atoms with Gasteiger partial charge in [-0.1, -0.05) is 0 Å². The molecule has 0 aromatic rings. The third-order valence-electron chi connectivity index (χ3n) is 2.66. The molecule has 0 spiro atoms. The first-order valence-electron chi connectivity index (χ1n) is 5.13. The molecule has 22 heavy (non-hydrogen) atoms. The zero-order chi connectivity index (χ0) is 17.9. The fraction of sp³-hybridized carbons (Fsp3) is 1.00. The highest BCUT2D eigenvalue weighted by Crippen LogP contribution is 2.57. The zero-order valence-electron chi connectivity index (χ0n) is 10.1. The van der Waals surface area contributed by atoms with Crippen molar-refractivity contribution >= 4 is 0 Å². The molecule has 14 heteroatoms. The van der Waals surface area contributed by atoms with Crippen molar-refractivity contribution in [1.29, 1.82) is 0 Å². The number of ether oxygens (including phenoxy) is 1. The van der Waals surface area contributed by atoms with E-state index in [4.69, 9.17) is 5.11 Å². The molecule has 0 saturated carbocycles. The maximum atomic E-state index is 13.3. The Labute approximate surface area is 114 Å². The summed E-state index contributed by atoms with van der Waals surface area (Å²) in [5.41, 5.74) is 0. The molecule has 0 aromatic heterocycles. The molecule has 1 aliphatic heterocycles. The van der Waals surface area contributed by atoms with Crippen LogP contribution in [0.4, 0.5) is 48.3 Å². The number of aliphatic hydroxyl groups is 1. The van der Waals surface area contributed by atoms with Crippen molar-refractivity contribution in [3.05, 3.63) is 0 Å². The van der Waals surface area contributed by atoms with Crippen LogP contribution in [-0.2, 0) is 4.74 Å². The largest absolute Gasteiger partial charge is 0.439 e. The van der Waals surface area contributed by atoms with Gasteiger partial charge in [0.1, 0.15) is 6.10 Å². The SMILES string of the molecule is CC(O)C(F)(F)C(F)N1C(F)(F)C(F)(F)OC(F)(F)C1(F)F. The average Bonchev–Trinajstić information content (AvgIpc) is 2.24. The van der Waals surface area contributed by atoms with Crippen molar-refractivity contribution in [3.8, 4) is 0 Å². The lowest BCUT2D eigenvalue weighted by Gasteiger charge is -2.49. The molecular formula is C8H6F11NO2. The predicted octanol–water partition coefficient (Wildman–Crippen LogP) is 3.00. The van der Waals surface area contributed by atoms with Crippen molar-refractivity contribution in [3.63, 3.8) is 0 Å². The Kier molecular flexibility index (Phi) is 4.18. The molecule has 1 aliphatic rings. The van der Waals surface area contributed by atoms with Gasteiger partial charge in [-0.3, -0.25) is 0 Å². The maximum absolute atomic E-state index is 13.3. The number of halogens is 11. The molecule has 0 aliphatic carbocycles. The molecule has 1 fully saturated rings. The molecule has 2 atom stereocenters. The fourth-order valence-electron chi connectivity index (χ4n) is 1.40. The Morgan fingerprint density at radius 3 is 1.50 bits per heavy atom. The summed E-state index contributed by atoms with van der Waals surface area (Å²) < 4.78 is 145. The Morgan fingerprint density at radius 1 is 0.909 bits per heavy atom. The summed E-state index contributed by atoms with van der Waals surface area (Å²) in [5, 5.41) is 8.47. The summed E-state index contributed by atoms with van der Waals surface area (Å²) in [5.74, 6) is -5.50. The minimum absolute atomic E-state index is 0.0413. The topological polar surface area (TPSA) is 32.7 Å². The van der Waals surface area contributed by atoms with Crippen LogP contribution in [0.25, 0.3) is 0 Å². The Balaban J connectivity index is 3.50. The number of alkyl halides is 11. The van der Waals surface area contributed by atoms with Gasteiger partial charge >= 0.3 is 30.2 Å². The molecule has 0 aromatic carbocycles. The summed E-state index contributed by atoms with van der Waals surface area (Å²) >= 11 is 0. The molecule has 0 bridgehead atoms. The van der Waals surface area contributed by atoms with E-state index >= 15 is 0 Å². The van der Waals surface area contributed by atoms with E-state index in [2.05, 4.69) is 0 Å². The summed E-state index contributed by atoms with van der Waals surface area (Å²) in [6.07, 6.45) is -21.2. The number of hydrogen-bond acceptors (Lipinski definition) is 3. The number of morpholine rings is 1. The van der Waals surface area contributed by atoms with Crippen LogP contribution in [0.1, 0.15) is 6.92 Å². The van der Waals surface area contributed by atoms with E-state index in [0.29, 0.717) is 0 Å². The number of hydrogen-bond donors (Lipinski definition) is 1. The monoisotopic (exact) mass is 357 g/mol. The first-order chi connectivity index (χ1) is 9.43. The predicted molar refractivity (Wildman–Crippen MR) is 44.2 cm³/mol. The van der Waals surface area contributed by atoms with Crippen LogP contribution in [0, 0.1) is 0 Å². The minimum Gasteiger partial charge on any atom is -0.387 e. The van der Waals surface area contributed by atoms with Gasteiger partial charge < -0.3 is 5.11 Å². The van der Waals surface area contributed by atoms with E-state index in [1.54, 1.807) is 0 Å². The number of aliphatic hydroxyl groups excluding tert-OH is 1. The van der Waals surface area contributed by atoms with Crippen LogP contribution < -0.4 is 0 Å². The van der Waals surface area contributed by atoms with Gasteiger partial charge in [-0.25, -0.2) is 9.13 Å². The fourth-order valence-corrected chi connectivity index (χ4v) is 1.40. The molecule has 1 heterocycles. The van der Waals surface area contributed by atoms with Gasteiger partial charge in [-0.2, -0.15) is 43.9 Å². The van der Waals surface area contributed by atoms with E-state index in [0.717, 1.165) is 0 Å². The van der Waals surface area contributed by atoms with E-state index < -0.39 is 47.5 Å². The zero-order valence-corrected chi connectivity index (χ0v) is 10.1. The Bertz CT molecular complexity index is 412. The van der Waals surface area contributed by atoms with Crippen molar-refractivity contribution in [1.82, 2.24) is 4.90 Å². The lowest BCUT2D eigenvalue weighted by molar-refractivity contribution is -0.575. The third-order valence-corrected chi connectivity index (χ3v) is 2.66. The third kappa shape index (κ3) is 2.40. The number of nitrogens with zero attached hydrogens (tertiary/aromatic N) is 1. The van der Waals surface area contributed by atoms with E-state index in [-0.39, 0.29) is 6.92 Å². The van der Waals surface area contributed by atoms with Gasteiger partial charge in [0.2, 0.25) is 6.30 Å². The molecule has 1 rings (SSSR count). The highest BCUT2D eigenvalue weighted by Gasteiger charge is 2.85. The average molecular weight is 357 g/mol. The van der Waals surface area contributed by atoms with Crippen molar-refractivity contribution in [2.45, 2.75) is 49.6 Å². The molecular weight excluding hydrogens is 351 g/mol. The van der Waals surface area contributed by atoms with Gasteiger partial charge in [0.05, 0.1) is 0 Å². The minimum atomic E-state index is -6.57. The van der Waals surface area contributed by atoms with Crippen molar-refractivity contribution < 1.29 is 58.1 Å². The van der Waals surface area contributed by atoms with E-state index in [1.807, 2.05) is 4.74 Å². The smallest absolute Gasteiger partial charge is 0.387 e. The maximum Gasteiger partial charge on any atom is 0.439 e. The first-order valence-corrected chi connectivity index (χ1v) is 5.13. The van der Waals surface area contributed by atoms with Crippen LogP contribution in [-0.4, -0.2) is 52.6 Å². The second-order valence-electron chi connectivity index (χ2n) is 4.27. The highest BCUT2D eigenvalue weighted by molar-refractivity contribution is 4.99. The quantitative estimate of drug-likeness (QED) is 0.623. The Morgan fingerprint density at radius 2 is 1.23 bits per heavy atom. The lowest BCUT2D eigenvalue weighted by Crippen LogP contribution is -2.77. The first kappa shape index (κ1) is 19.2. The van der Waals surface area contributed by atoms with E-state index in [9.17, 15) is 48.3 Å². The molecule has 0 amide bonds. The highest BCUT2D eigenvalue weighted by atomic mass is 19.4. The summed E-state index contributed by atoms with van der Waals surface area (Å²) in [6.45, 7) is 0.0413. The molecule has 1 saturated heterocycles. The van der Waals surface area contributed by atoms with Gasteiger partial charge in [-0.15, -0.1) is 4.90 Å². The second-order valence-corrected chi connectivity index (χ2v) is 4.27. The summed E-state index contributed by atoms with van der Waals surface area (Å²) in [6, 6.07) is -13.1. The standard InChI is InChI=1S/C8H6F11NO2/c1-2(21)4(10,11)3(9)20-5(12,13)7(16,17)22-8(18,19)6(20,14)15/h2-3,21H,1H3. The van der Waals surface area contributed by atoms with Gasteiger partial charge in [-0.05, 0) is 6.92 Å². The molecule has 0 radical (unpaired) electrons. The number of rotatable bonds is 3. The van der Waals surface area contributed by atoms with Crippen molar-refractivity contribution in [2.24, 2.45) is 0 Å². The summed E-state index contributed by atoms with van der Waals surface area (Å²) in [4.78, 5) is -3.00. The summed E-state index contributed by atoms with van der Waals surface area (Å²) in [7, 11) is 0. The van der Waals surface area contributed by atoms with Crippen LogP contribution in [0.5, 0.6) is 0 Å².